The van der Waals surface area contributed by atoms with Crippen LogP contribution in [-0.4, -0.2) is 30.2 Å². The van der Waals surface area contributed by atoms with Crippen LogP contribution in [0.4, 0.5) is 17.1 Å². The lowest BCUT2D eigenvalue weighted by molar-refractivity contribution is -0.384. The van der Waals surface area contributed by atoms with Gasteiger partial charge in [0.15, 0.2) is 0 Å². The quantitative estimate of drug-likeness (QED) is 0.550. The van der Waals surface area contributed by atoms with Crippen molar-refractivity contribution in [3.05, 3.63) is 28.3 Å². The van der Waals surface area contributed by atoms with Crippen molar-refractivity contribution in [2.24, 2.45) is 5.41 Å². The first-order chi connectivity index (χ1) is 9.58. The fourth-order valence-corrected chi connectivity index (χ4v) is 2.77. The van der Waals surface area contributed by atoms with Crippen LogP contribution in [0, 0.1) is 15.5 Å². The van der Waals surface area contributed by atoms with Crippen molar-refractivity contribution in [1.82, 2.24) is 0 Å². The first-order valence-corrected chi connectivity index (χ1v) is 6.90. The Bertz CT molecular complexity index is 485. The highest BCUT2D eigenvalue weighted by Gasteiger charge is 2.32. The minimum absolute atomic E-state index is 0.0591. The maximum atomic E-state index is 10.9. The van der Waals surface area contributed by atoms with Crippen LogP contribution in [0.2, 0.25) is 0 Å². The zero-order chi connectivity index (χ0) is 14.6. The van der Waals surface area contributed by atoms with E-state index in [2.05, 4.69) is 10.6 Å². The van der Waals surface area contributed by atoms with Crippen LogP contribution in [0.1, 0.15) is 25.7 Å². The second-order valence-corrected chi connectivity index (χ2v) is 5.49. The molecule has 0 radical (unpaired) electrons. The van der Waals surface area contributed by atoms with E-state index in [4.69, 9.17) is 0 Å². The molecule has 0 aliphatic heterocycles. The molecule has 0 bridgehead atoms. The van der Waals surface area contributed by atoms with Crippen molar-refractivity contribution in [2.75, 3.05) is 30.8 Å². The van der Waals surface area contributed by atoms with Crippen LogP contribution in [-0.2, 0) is 0 Å². The van der Waals surface area contributed by atoms with Gasteiger partial charge in [-0.2, -0.15) is 0 Å². The number of rotatable bonds is 6. The summed E-state index contributed by atoms with van der Waals surface area (Å²) in [6.07, 6.45) is 4.28. The van der Waals surface area contributed by atoms with E-state index in [1.807, 2.05) is 6.07 Å². The number of nitro benzene ring substituents is 1. The topological polar surface area (TPSA) is 87.4 Å². The fourth-order valence-electron chi connectivity index (χ4n) is 2.77. The van der Waals surface area contributed by atoms with Crippen LogP contribution in [0.3, 0.4) is 0 Å². The average molecular weight is 279 g/mol. The molecule has 1 fully saturated rings. The Morgan fingerprint density at radius 1 is 1.30 bits per heavy atom. The molecule has 1 aliphatic carbocycles. The minimum Gasteiger partial charge on any atom is -0.396 e. The number of nitrogens with one attached hydrogen (secondary N) is 2. The maximum Gasteiger partial charge on any atom is 0.273 e. The Kier molecular flexibility index (Phi) is 4.44. The molecule has 1 aromatic rings. The monoisotopic (exact) mass is 279 g/mol. The molecule has 0 saturated heterocycles. The average Bonchev–Trinajstić information content (AvgIpc) is 2.94. The fraction of sp³-hybridized carbons (Fsp3) is 0.571. The van der Waals surface area contributed by atoms with E-state index in [1.54, 1.807) is 7.05 Å². The number of nitrogens with zero attached hydrogens (tertiary/aromatic N) is 1. The van der Waals surface area contributed by atoms with E-state index >= 15 is 0 Å². The molecular formula is C14H21N3O3. The number of anilines is 2. The molecule has 6 nitrogen and oxygen atoms in total. The minimum atomic E-state index is -0.399. The standard InChI is InChI=1S/C14H21N3O3/c1-15-11-6-12(8-13(7-11)17(19)20)16-9-14(10-18)4-2-3-5-14/h6-8,15-16,18H,2-5,9-10H2,1H3. The first-order valence-electron chi connectivity index (χ1n) is 6.90. The lowest BCUT2D eigenvalue weighted by Gasteiger charge is -2.27. The summed E-state index contributed by atoms with van der Waals surface area (Å²) < 4.78 is 0. The molecule has 6 heteroatoms. The zero-order valence-electron chi connectivity index (χ0n) is 11.7. The summed E-state index contributed by atoms with van der Waals surface area (Å²) in [6.45, 7) is 0.807. The van der Waals surface area contributed by atoms with Gasteiger partial charge < -0.3 is 15.7 Å². The number of hydrogen-bond donors (Lipinski definition) is 3. The Morgan fingerprint density at radius 3 is 2.50 bits per heavy atom. The summed E-state index contributed by atoms with van der Waals surface area (Å²) in [5.41, 5.74) is 1.39. The Hall–Kier alpha value is -1.82. The predicted molar refractivity (Wildman–Crippen MR) is 79.1 cm³/mol. The molecule has 0 atom stereocenters. The number of non-ortho nitro benzene ring substituents is 1. The van der Waals surface area contributed by atoms with Crippen molar-refractivity contribution in [1.29, 1.82) is 0 Å². The molecule has 0 spiro atoms. The van der Waals surface area contributed by atoms with Gasteiger partial charge in [-0.3, -0.25) is 10.1 Å². The number of benzene rings is 1. The summed E-state index contributed by atoms with van der Waals surface area (Å²) in [7, 11) is 1.73. The lowest BCUT2D eigenvalue weighted by atomic mass is 9.87. The van der Waals surface area contributed by atoms with Gasteiger partial charge in [0, 0.05) is 42.5 Å². The van der Waals surface area contributed by atoms with Gasteiger partial charge in [0.2, 0.25) is 0 Å². The van der Waals surface area contributed by atoms with Gasteiger partial charge in [-0.1, -0.05) is 12.8 Å². The number of hydrogen-bond acceptors (Lipinski definition) is 5. The van der Waals surface area contributed by atoms with Gasteiger partial charge >= 0.3 is 0 Å². The van der Waals surface area contributed by atoms with Crippen molar-refractivity contribution in [2.45, 2.75) is 25.7 Å². The van der Waals surface area contributed by atoms with E-state index in [1.165, 1.54) is 12.1 Å². The molecule has 20 heavy (non-hydrogen) atoms. The zero-order valence-corrected chi connectivity index (χ0v) is 11.7. The SMILES string of the molecule is CNc1cc(NCC2(CO)CCCC2)cc([N+](=O)[O-])c1. The number of aliphatic hydroxyl groups is 1. The summed E-state index contributed by atoms with van der Waals surface area (Å²) in [6, 6.07) is 4.87. The van der Waals surface area contributed by atoms with Gasteiger partial charge in [0.25, 0.3) is 5.69 Å². The number of nitro groups is 1. The van der Waals surface area contributed by atoms with Gasteiger partial charge in [-0.15, -0.1) is 0 Å². The van der Waals surface area contributed by atoms with Crippen LogP contribution in [0.25, 0.3) is 0 Å². The maximum absolute atomic E-state index is 10.9. The highest BCUT2D eigenvalue weighted by atomic mass is 16.6. The Balaban J connectivity index is 2.12. The third-order valence-corrected chi connectivity index (χ3v) is 4.08. The van der Waals surface area contributed by atoms with E-state index in [9.17, 15) is 15.2 Å². The normalized spacial score (nSPS) is 16.9. The largest absolute Gasteiger partial charge is 0.396 e. The summed E-state index contributed by atoms with van der Waals surface area (Å²) in [4.78, 5) is 10.5. The third kappa shape index (κ3) is 3.19. The van der Waals surface area contributed by atoms with E-state index in [0.717, 1.165) is 25.7 Å². The molecular weight excluding hydrogens is 258 g/mol. The van der Waals surface area contributed by atoms with Crippen LogP contribution >= 0.6 is 0 Å². The Labute approximate surface area is 118 Å². The number of aliphatic hydroxyl groups excluding tert-OH is 1. The summed E-state index contributed by atoms with van der Waals surface area (Å²) in [5, 5.41) is 26.7. The van der Waals surface area contributed by atoms with Gasteiger partial charge in [-0.05, 0) is 18.9 Å². The van der Waals surface area contributed by atoms with Crippen LogP contribution in [0.5, 0.6) is 0 Å². The lowest BCUT2D eigenvalue weighted by Crippen LogP contribution is -2.30. The van der Waals surface area contributed by atoms with Gasteiger partial charge in [0.1, 0.15) is 0 Å². The second kappa shape index (κ2) is 6.09. The highest BCUT2D eigenvalue weighted by molar-refractivity contribution is 5.63. The smallest absolute Gasteiger partial charge is 0.273 e. The molecule has 0 heterocycles. The van der Waals surface area contributed by atoms with Gasteiger partial charge in [-0.25, -0.2) is 0 Å². The van der Waals surface area contributed by atoms with Crippen molar-refractivity contribution in [3.63, 3.8) is 0 Å². The van der Waals surface area contributed by atoms with Gasteiger partial charge in [0.05, 0.1) is 11.5 Å². The van der Waals surface area contributed by atoms with E-state index in [0.29, 0.717) is 17.9 Å². The first kappa shape index (κ1) is 14.6. The highest BCUT2D eigenvalue weighted by Crippen LogP contribution is 2.38. The van der Waals surface area contributed by atoms with E-state index < -0.39 is 4.92 Å². The molecule has 1 saturated carbocycles. The van der Waals surface area contributed by atoms with Crippen molar-refractivity contribution < 1.29 is 10.0 Å². The van der Waals surface area contributed by atoms with Crippen molar-refractivity contribution >= 4 is 17.1 Å². The third-order valence-electron chi connectivity index (χ3n) is 4.08. The van der Waals surface area contributed by atoms with Crippen LogP contribution in [0.15, 0.2) is 18.2 Å². The van der Waals surface area contributed by atoms with Crippen molar-refractivity contribution in [3.8, 4) is 0 Å². The molecule has 0 amide bonds. The molecule has 1 aromatic carbocycles. The molecule has 110 valence electrons. The predicted octanol–water partition coefficient (Wildman–Crippen LogP) is 2.60. The molecule has 0 aromatic heterocycles. The van der Waals surface area contributed by atoms with Crippen LogP contribution < -0.4 is 10.6 Å². The molecule has 1 aliphatic rings. The molecule has 0 unspecified atom stereocenters. The second-order valence-electron chi connectivity index (χ2n) is 5.49. The molecule has 2 rings (SSSR count). The summed E-state index contributed by atoms with van der Waals surface area (Å²) >= 11 is 0. The Morgan fingerprint density at radius 2 is 1.95 bits per heavy atom. The molecule has 3 N–H and O–H groups in total. The summed E-state index contributed by atoms with van der Waals surface area (Å²) in [5.74, 6) is 0. The van der Waals surface area contributed by atoms with E-state index in [-0.39, 0.29) is 17.7 Å².